The van der Waals surface area contributed by atoms with Crippen molar-refractivity contribution in [1.29, 1.82) is 0 Å². The predicted octanol–water partition coefficient (Wildman–Crippen LogP) is 9.45. The summed E-state index contributed by atoms with van der Waals surface area (Å²) in [5.74, 6) is -0.154. The maximum Gasteiger partial charge on any atom is 0.0648 e. The Morgan fingerprint density at radius 3 is 2.29 bits per heavy atom. The highest BCUT2D eigenvalue weighted by Crippen LogP contribution is 2.52. The largest absolute Gasteiger partial charge is 0.356 e. The number of fused-ring (bicyclic) bond motifs is 3. The fraction of sp³-hybridized carbons (Fsp3) is 0.273. The van der Waals surface area contributed by atoms with E-state index in [4.69, 9.17) is 17.8 Å². The molecule has 4 aromatic carbocycles. The van der Waals surface area contributed by atoms with E-state index in [-0.39, 0.29) is 63.2 Å². The van der Waals surface area contributed by atoms with Crippen molar-refractivity contribution in [1.82, 2.24) is 0 Å². The van der Waals surface area contributed by atoms with Crippen LogP contribution in [0.15, 0.2) is 90.6 Å². The second-order valence-electron chi connectivity index (χ2n) is 9.37. The van der Waals surface area contributed by atoms with Crippen LogP contribution in [-0.2, 0) is 5.41 Å². The van der Waals surface area contributed by atoms with E-state index in [0.717, 1.165) is 32.1 Å². The number of benzene rings is 4. The van der Waals surface area contributed by atoms with E-state index < -0.39 is 83.5 Å². The third-order valence-electron chi connectivity index (χ3n) is 6.85. The molecule has 1 nitrogen and oxygen atoms in total. The Balaban J connectivity index is 1.66. The maximum absolute atomic E-state index is 9.38. The van der Waals surface area contributed by atoms with Gasteiger partial charge in [-0.25, -0.2) is 0 Å². The highest BCUT2D eigenvalue weighted by molar-refractivity contribution is 5.93. The van der Waals surface area contributed by atoms with Crippen LogP contribution in [0.25, 0.3) is 22.3 Å². The predicted molar refractivity (Wildman–Crippen MR) is 145 cm³/mol. The van der Waals surface area contributed by atoms with E-state index in [2.05, 4.69) is 5.32 Å². The Bertz CT molecular complexity index is 2090. The van der Waals surface area contributed by atoms with Gasteiger partial charge in [0, 0.05) is 16.8 Å². The summed E-state index contributed by atoms with van der Waals surface area (Å²) in [5.41, 5.74) is -1.93. The maximum atomic E-state index is 9.38. The fourth-order valence-corrected chi connectivity index (χ4v) is 5.08. The van der Waals surface area contributed by atoms with Crippen LogP contribution in [0.2, 0.25) is 0 Å². The van der Waals surface area contributed by atoms with Crippen LogP contribution in [-0.4, -0.2) is 0 Å². The lowest BCUT2D eigenvalue weighted by atomic mass is 9.82. The molecular weight excluding hydrogens is 410 g/mol. The summed E-state index contributed by atoms with van der Waals surface area (Å²) >= 11 is 0. The molecule has 1 saturated carbocycles. The number of hydrogen-bond acceptors (Lipinski definition) is 1. The number of hydrogen-bond donors (Lipinski definition) is 1. The highest BCUT2D eigenvalue weighted by atomic mass is 14.9. The SMILES string of the molecule is [2H]c1c([2H])c([2H])c(-c2c([2H])c([2H])c([2H])c3c2-c2c([2H])c([2H])c(Nc4c([2H])c([2H])c([2H])c(C5CCCCC5)c4[2H])c([2H])c2C3(C)C)c([2H])c1[2H]. The first-order valence-electron chi connectivity index (χ1n) is 19.1. The minimum atomic E-state index is -1.32. The van der Waals surface area contributed by atoms with Crippen molar-refractivity contribution in [2.75, 3.05) is 5.32 Å². The van der Waals surface area contributed by atoms with Gasteiger partial charge < -0.3 is 5.32 Å². The van der Waals surface area contributed by atoms with Crippen molar-refractivity contribution < 1.29 is 20.6 Å². The van der Waals surface area contributed by atoms with E-state index >= 15 is 0 Å². The van der Waals surface area contributed by atoms with Gasteiger partial charge in [0.2, 0.25) is 0 Å². The molecule has 1 N–H and O–H groups in total. The van der Waals surface area contributed by atoms with Crippen molar-refractivity contribution in [2.45, 2.75) is 57.3 Å². The first-order chi connectivity index (χ1) is 22.9. The molecule has 0 saturated heterocycles. The number of nitrogens with one attached hydrogen (secondary N) is 1. The van der Waals surface area contributed by atoms with Crippen LogP contribution >= 0.6 is 0 Å². The van der Waals surface area contributed by atoms with Gasteiger partial charge in [-0.2, -0.15) is 0 Å². The lowest BCUT2D eigenvalue weighted by molar-refractivity contribution is 0.444. The summed E-state index contributed by atoms with van der Waals surface area (Å²) < 4.78 is 131. The van der Waals surface area contributed by atoms with Crippen LogP contribution in [0.3, 0.4) is 0 Å². The van der Waals surface area contributed by atoms with Crippen LogP contribution in [0, 0.1) is 0 Å². The lowest BCUT2D eigenvalue weighted by Gasteiger charge is -2.23. The molecule has 0 bridgehead atoms. The van der Waals surface area contributed by atoms with Crippen LogP contribution in [0.5, 0.6) is 0 Å². The summed E-state index contributed by atoms with van der Waals surface area (Å²) in [4.78, 5) is 0. The van der Waals surface area contributed by atoms with E-state index in [1.807, 2.05) is 0 Å². The quantitative estimate of drug-likeness (QED) is 0.321. The van der Waals surface area contributed by atoms with Gasteiger partial charge in [-0.1, -0.05) is 99.6 Å². The molecule has 0 spiro atoms. The van der Waals surface area contributed by atoms with Gasteiger partial charge in [0.15, 0.2) is 0 Å². The van der Waals surface area contributed by atoms with E-state index in [9.17, 15) is 2.74 Å². The van der Waals surface area contributed by atoms with Gasteiger partial charge in [0.05, 0.1) is 20.6 Å². The molecule has 0 atom stereocenters. The third kappa shape index (κ3) is 3.64. The molecule has 2 aliphatic rings. The third-order valence-corrected chi connectivity index (χ3v) is 6.85. The number of rotatable bonds is 4. The Hall–Kier alpha value is -3.32. The molecule has 0 aromatic heterocycles. The second-order valence-corrected chi connectivity index (χ2v) is 9.37. The zero-order chi connectivity index (χ0) is 36.2. The zero-order valence-corrected chi connectivity index (χ0v) is 19.1. The summed E-state index contributed by atoms with van der Waals surface area (Å²) in [5, 5.41) is 2.86. The average Bonchev–Trinajstić information content (AvgIpc) is 3.32. The molecule has 6 rings (SSSR count). The first kappa shape index (κ1) is 10.5. The Labute approximate surface area is 224 Å². The molecule has 0 aliphatic heterocycles. The van der Waals surface area contributed by atoms with Gasteiger partial charge >= 0.3 is 0 Å². The standard InChI is InChI=1S/C33H33N/c1-33(2)30-18-10-17-28(24-13-7-4-8-14-24)32(30)29-20-19-27(22-31(29)33)34-26-16-9-15-25(21-26)23-11-5-3-6-12-23/h4,7-10,13-23,34H,3,5-6,11-12H2,1-2H3/i4D,7D,8D,9D,10D,13D,14D,15D,16D,17D,18D,19D,20D,21D,22D. The molecule has 0 heterocycles. The van der Waals surface area contributed by atoms with E-state index in [1.54, 1.807) is 13.8 Å². The van der Waals surface area contributed by atoms with Gasteiger partial charge in [0.25, 0.3) is 0 Å². The molecule has 1 fully saturated rings. The van der Waals surface area contributed by atoms with Crippen LogP contribution < -0.4 is 5.32 Å². The summed E-state index contributed by atoms with van der Waals surface area (Å²) in [6.07, 6.45) is 4.29. The summed E-state index contributed by atoms with van der Waals surface area (Å²) in [6, 6.07) is -7.44. The van der Waals surface area contributed by atoms with E-state index in [0.29, 0.717) is 5.56 Å². The Morgan fingerprint density at radius 1 is 0.706 bits per heavy atom. The van der Waals surface area contributed by atoms with Crippen LogP contribution in [0.1, 0.15) is 89.1 Å². The topological polar surface area (TPSA) is 12.0 Å². The highest BCUT2D eigenvalue weighted by Gasteiger charge is 2.37. The average molecular weight is 459 g/mol. The first-order valence-corrected chi connectivity index (χ1v) is 11.6. The minimum absolute atomic E-state index is 0.0305. The fourth-order valence-electron chi connectivity index (χ4n) is 5.08. The Morgan fingerprint density at radius 2 is 1.47 bits per heavy atom. The van der Waals surface area contributed by atoms with Gasteiger partial charge in [-0.3, -0.25) is 0 Å². The molecule has 34 heavy (non-hydrogen) atoms. The molecule has 4 aromatic rings. The molecule has 0 amide bonds. The van der Waals surface area contributed by atoms with Gasteiger partial charge in [0.1, 0.15) is 0 Å². The summed E-state index contributed by atoms with van der Waals surface area (Å²) in [7, 11) is 0. The lowest BCUT2D eigenvalue weighted by Crippen LogP contribution is -2.15. The molecule has 170 valence electrons. The van der Waals surface area contributed by atoms with Crippen molar-refractivity contribution in [2.24, 2.45) is 0 Å². The molecule has 0 radical (unpaired) electrons. The molecule has 1 heteroatoms. The van der Waals surface area contributed by atoms with Crippen molar-refractivity contribution in [3.63, 3.8) is 0 Å². The van der Waals surface area contributed by atoms with Gasteiger partial charge in [-0.15, -0.1) is 0 Å². The molecular formula is C33H33N. The monoisotopic (exact) mass is 458 g/mol. The summed E-state index contributed by atoms with van der Waals surface area (Å²) in [6.45, 7) is 3.28. The van der Waals surface area contributed by atoms with Crippen molar-refractivity contribution in [3.05, 3.63) is 107 Å². The van der Waals surface area contributed by atoms with E-state index in [1.165, 1.54) is 0 Å². The Kier molecular flexibility index (Phi) is 2.62. The smallest absolute Gasteiger partial charge is 0.0648 e. The zero-order valence-electron chi connectivity index (χ0n) is 34.1. The van der Waals surface area contributed by atoms with Crippen molar-refractivity contribution in [3.8, 4) is 22.3 Å². The minimum Gasteiger partial charge on any atom is -0.356 e. The molecule has 2 aliphatic carbocycles. The van der Waals surface area contributed by atoms with Gasteiger partial charge in [-0.05, 0) is 81.9 Å². The van der Waals surface area contributed by atoms with Crippen molar-refractivity contribution >= 4 is 11.4 Å². The normalized spacial score (nSPS) is 22.8. The number of anilines is 2. The van der Waals surface area contributed by atoms with Crippen LogP contribution in [0.4, 0.5) is 11.4 Å². The molecule has 0 unspecified atom stereocenters. The second kappa shape index (κ2) is 8.47.